The second-order valence-corrected chi connectivity index (χ2v) is 26.0. The smallest absolute Gasteiger partial charge is 0.450 e. The molecule has 0 aliphatic carbocycles. The molecule has 1 aliphatic rings. The molecule has 0 saturated carbocycles. The summed E-state index contributed by atoms with van der Waals surface area (Å²) in [5.41, 5.74) is 4.61. The van der Waals surface area contributed by atoms with E-state index in [9.17, 15) is 44.1 Å². The van der Waals surface area contributed by atoms with Gasteiger partial charge in [-0.3, -0.25) is 9.59 Å². The molecule has 0 unspecified atom stereocenters. The number of hydrogen-bond donors (Lipinski definition) is 3. The molecule has 0 spiro atoms. The van der Waals surface area contributed by atoms with Gasteiger partial charge >= 0.3 is 24.0 Å². The van der Waals surface area contributed by atoms with Crippen molar-refractivity contribution in [3.8, 4) is 17.2 Å². The quantitative estimate of drug-likeness (QED) is 0.141. The van der Waals surface area contributed by atoms with E-state index in [2.05, 4.69) is 0 Å². The van der Waals surface area contributed by atoms with Crippen molar-refractivity contribution in [2.75, 3.05) is 6.54 Å². The number of amides is 9. The zero-order valence-corrected chi connectivity index (χ0v) is 46.7. The Kier molecular flexibility index (Phi) is 16.9. The maximum atomic E-state index is 14.8. The second-order valence-electron chi connectivity index (χ2n) is 26.0. The van der Waals surface area contributed by atoms with E-state index >= 15 is 0 Å². The number of phenolic OH excluding ortho intramolecular Hbond substituents is 3. The van der Waals surface area contributed by atoms with Crippen molar-refractivity contribution in [3.63, 3.8) is 0 Å². The zero-order chi connectivity index (χ0) is 54.4. The number of aromatic hydroxyl groups is 3. The minimum Gasteiger partial charge on any atom is -0.507 e. The van der Waals surface area contributed by atoms with Gasteiger partial charge in [-0.05, 0) is 128 Å². The highest BCUT2D eigenvalue weighted by molar-refractivity contribution is 6.24. The fourth-order valence-corrected chi connectivity index (χ4v) is 9.47. The topological polar surface area (TPSA) is 170 Å². The number of hydrogen-bond acceptors (Lipinski definition) is 9. The predicted molar refractivity (Wildman–Crippen MR) is 281 cm³/mol. The largest absolute Gasteiger partial charge is 0.507 e. The van der Waals surface area contributed by atoms with Gasteiger partial charge in [0.25, 0.3) is 0 Å². The van der Waals surface area contributed by atoms with E-state index in [0.29, 0.717) is 29.1 Å². The summed E-state index contributed by atoms with van der Waals surface area (Å²) in [7, 11) is 0. The van der Waals surface area contributed by atoms with E-state index in [1.54, 1.807) is 0 Å². The maximum absolute atomic E-state index is 14.8. The van der Waals surface area contributed by atoms with Gasteiger partial charge in [0.1, 0.15) is 23.8 Å². The molecule has 3 N–H and O–H groups in total. The van der Waals surface area contributed by atoms with Crippen molar-refractivity contribution in [2.24, 2.45) is 0 Å². The number of urea groups is 3. The lowest BCUT2D eigenvalue weighted by atomic mass is 9.78. The Morgan fingerprint density at radius 1 is 0.423 bits per heavy atom. The average Bonchev–Trinajstić information content (AvgIpc) is 3.20. The van der Waals surface area contributed by atoms with Gasteiger partial charge in [-0.25, -0.2) is 19.2 Å². The molecule has 12 nitrogen and oxygen atoms in total. The molecule has 1 saturated heterocycles. The average molecular weight is 981 g/mol. The Morgan fingerprint density at radius 2 is 0.648 bits per heavy atom. The maximum Gasteiger partial charge on any atom is 0.450 e. The van der Waals surface area contributed by atoms with Crippen molar-refractivity contribution >= 4 is 35.8 Å². The molecule has 71 heavy (non-hydrogen) atoms. The lowest BCUT2D eigenvalue weighted by Crippen LogP contribution is -2.76. The van der Waals surface area contributed by atoms with E-state index in [1.165, 1.54) is 6.92 Å². The van der Waals surface area contributed by atoms with Gasteiger partial charge in [-0.15, -0.1) is 9.80 Å². The minimum atomic E-state index is -1.55. The molecule has 3 aromatic carbocycles. The highest BCUT2D eigenvalue weighted by Gasteiger charge is 2.65. The molecule has 9 amide bonds. The Labute approximate surface area is 424 Å². The van der Waals surface area contributed by atoms with Crippen molar-refractivity contribution in [2.45, 2.75) is 222 Å². The number of imide groups is 9. The van der Waals surface area contributed by atoms with Crippen LogP contribution in [-0.4, -0.2) is 72.0 Å². The van der Waals surface area contributed by atoms with Gasteiger partial charge in [-0.1, -0.05) is 166 Å². The minimum absolute atomic E-state index is 0.176. The van der Waals surface area contributed by atoms with Crippen LogP contribution in [0.4, 0.5) is 14.4 Å². The first kappa shape index (κ1) is 58.2. The van der Waals surface area contributed by atoms with Crippen LogP contribution in [0.1, 0.15) is 220 Å². The molecular weight excluding hydrogens is 895 g/mol. The normalized spacial score (nSPS) is 15.2. The molecule has 3 aromatic rings. The molecule has 0 atom stereocenters. The summed E-state index contributed by atoms with van der Waals surface area (Å²) in [5.74, 6) is -2.10. The third-order valence-electron chi connectivity index (χ3n) is 13.7. The monoisotopic (exact) mass is 981 g/mol. The van der Waals surface area contributed by atoms with Crippen LogP contribution in [0.3, 0.4) is 0 Å². The second kappa shape index (κ2) is 20.6. The van der Waals surface area contributed by atoms with Gasteiger partial charge < -0.3 is 15.3 Å². The summed E-state index contributed by atoms with van der Waals surface area (Å²) in [4.78, 5) is 88.0. The first-order valence-corrected chi connectivity index (χ1v) is 25.5. The Balaban J connectivity index is 1.72. The van der Waals surface area contributed by atoms with Gasteiger partial charge in [-0.2, -0.15) is 0 Å². The summed E-state index contributed by atoms with van der Waals surface area (Å²) in [5, 5.41) is 33.9. The standard InChI is InChI=1S/C59H85N3O9/c1-20-62(47(65)29-23-26-38-34-43(58(14,15)16)50(68)44(35-38)59(17,18)19)52(70)60(45(63)27-21-24-36-30-39(54(2,3)4)48(66)40(31-36)55(5,6)7)51(69)61(53(62)71)46(64)28-22-25-37-32-41(56(8,9)10)49(67)42(33-37)57(11,12)13/h30-35H,20-29H2,1-19H3,(H2-,66,67,68)/p+1. The molecule has 0 bridgehead atoms. The summed E-state index contributed by atoms with van der Waals surface area (Å²) >= 11 is 0. The fourth-order valence-electron chi connectivity index (χ4n) is 9.47. The number of benzene rings is 3. The van der Waals surface area contributed by atoms with Gasteiger partial charge in [0, 0.05) is 12.8 Å². The van der Waals surface area contributed by atoms with E-state index in [0.717, 1.165) is 50.1 Å². The predicted octanol–water partition coefficient (Wildman–Crippen LogP) is 13.4. The van der Waals surface area contributed by atoms with Gasteiger partial charge in [0.15, 0.2) is 0 Å². The van der Waals surface area contributed by atoms with Crippen LogP contribution in [0.25, 0.3) is 0 Å². The lowest BCUT2D eigenvalue weighted by Gasteiger charge is -2.39. The van der Waals surface area contributed by atoms with Gasteiger partial charge in [0.05, 0.1) is 6.42 Å². The number of phenols is 3. The molecule has 1 fully saturated rings. The fraction of sp³-hybridized carbons (Fsp3) is 0.593. The molecule has 12 heteroatoms. The number of quaternary nitrogens is 1. The van der Waals surface area contributed by atoms with E-state index in [4.69, 9.17) is 0 Å². The van der Waals surface area contributed by atoms with Crippen molar-refractivity contribution < 1.29 is 48.6 Å². The molecule has 0 radical (unpaired) electrons. The van der Waals surface area contributed by atoms with Crippen LogP contribution in [0.2, 0.25) is 0 Å². The lowest BCUT2D eigenvalue weighted by molar-refractivity contribution is -0.696. The summed E-state index contributed by atoms with van der Waals surface area (Å²) < 4.78 is -1.55. The van der Waals surface area contributed by atoms with Crippen LogP contribution in [0.5, 0.6) is 17.2 Å². The number of aryl methyl sites for hydroxylation is 3. The highest BCUT2D eigenvalue weighted by atomic mass is 16.3. The SMILES string of the molecule is CC[N+]1(C(=O)CCCc2cc(C(C)(C)C)c(O)c(C(C)(C)C)c2)C(=O)N(C(=O)CCCc2cc(C(C)(C)C)c(O)c(C(C)(C)C)c2)C(=O)N(C(=O)CCCc2cc(C(C)(C)C)c(O)c(C(C)(C)C)c2)C1=O. The van der Waals surface area contributed by atoms with E-state index in [1.807, 2.05) is 161 Å². The summed E-state index contributed by atoms with van der Waals surface area (Å²) in [6.07, 6.45) is 0.657. The van der Waals surface area contributed by atoms with Crippen LogP contribution >= 0.6 is 0 Å². The third kappa shape index (κ3) is 12.6. The zero-order valence-electron chi connectivity index (χ0n) is 46.7. The molecule has 1 heterocycles. The van der Waals surface area contributed by atoms with Crippen LogP contribution < -0.4 is 0 Å². The Morgan fingerprint density at radius 3 is 0.859 bits per heavy atom. The highest BCUT2D eigenvalue weighted by Crippen LogP contribution is 2.43. The molecular formula is C59H86N3O9+. The summed E-state index contributed by atoms with van der Waals surface area (Å²) in [6.45, 7) is 37.0. The van der Waals surface area contributed by atoms with Gasteiger partial charge in [0.2, 0.25) is 11.8 Å². The Bertz CT molecular complexity index is 2340. The number of carbonyl (C=O) groups excluding carboxylic acids is 6. The molecule has 0 aromatic heterocycles. The Hall–Kier alpha value is -5.36. The number of carbonyl (C=O) groups is 6. The number of nitrogens with zero attached hydrogens (tertiary/aromatic N) is 3. The van der Waals surface area contributed by atoms with Crippen LogP contribution in [-0.2, 0) is 66.1 Å². The van der Waals surface area contributed by atoms with Crippen molar-refractivity contribution in [1.29, 1.82) is 0 Å². The number of rotatable bonds is 13. The molecule has 1 aliphatic heterocycles. The van der Waals surface area contributed by atoms with Crippen LogP contribution in [0, 0.1) is 0 Å². The van der Waals surface area contributed by atoms with E-state index in [-0.39, 0.29) is 55.8 Å². The summed E-state index contributed by atoms with van der Waals surface area (Å²) in [6, 6.07) is 7.42. The van der Waals surface area contributed by atoms with Crippen molar-refractivity contribution in [3.05, 3.63) is 86.5 Å². The molecule has 390 valence electrons. The first-order chi connectivity index (χ1) is 32.2. The third-order valence-corrected chi connectivity index (χ3v) is 13.7. The molecule has 4 rings (SSSR count). The van der Waals surface area contributed by atoms with Crippen molar-refractivity contribution in [1.82, 2.24) is 9.80 Å². The van der Waals surface area contributed by atoms with E-state index < -0.39 is 79.3 Å². The van der Waals surface area contributed by atoms with Crippen LogP contribution in [0.15, 0.2) is 36.4 Å². The first-order valence-electron chi connectivity index (χ1n) is 25.5.